The largest absolute Gasteiger partial charge is 0.494 e. The number of hydrogen-bond acceptors (Lipinski definition) is 3. The number of nitriles is 1. The zero-order valence-electron chi connectivity index (χ0n) is 18.8. The number of hydrogen-bond donors (Lipinski definition) is 1. The van der Waals surface area contributed by atoms with Crippen molar-refractivity contribution in [3.05, 3.63) is 143 Å². The van der Waals surface area contributed by atoms with Gasteiger partial charge < -0.3 is 9.84 Å². The maximum atomic E-state index is 12.1. The molecule has 0 spiro atoms. The lowest BCUT2D eigenvalue weighted by Crippen LogP contribution is -2.27. The van der Waals surface area contributed by atoms with Crippen LogP contribution in [0.4, 0.5) is 0 Å². The van der Waals surface area contributed by atoms with Crippen LogP contribution >= 0.6 is 0 Å². The third kappa shape index (κ3) is 3.90. The van der Waals surface area contributed by atoms with Crippen LogP contribution < -0.4 is 4.74 Å². The molecular formula is C31H25NO2. The Hall–Kier alpha value is -4.13. The maximum absolute atomic E-state index is 12.1. The van der Waals surface area contributed by atoms with Crippen LogP contribution in [-0.2, 0) is 12.0 Å². The van der Waals surface area contributed by atoms with Crippen molar-refractivity contribution in [3.8, 4) is 11.8 Å². The molecule has 0 saturated heterocycles. The van der Waals surface area contributed by atoms with Gasteiger partial charge in [0.05, 0.1) is 18.2 Å². The van der Waals surface area contributed by atoms with Crippen LogP contribution in [0.25, 0.3) is 5.57 Å². The Labute approximate surface area is 200 Å². The second kappa shape index (κ2) is 9.39. The van der Waals surface area contributed by atoms with Crippen molar-refractivity contribution < 1.29 is 9.84 Å². The Bertz CT molecular complexity index is 1360. The molecule has 3 nitrogen and oxygen atoms in total. The molecule has 1 aliphatic carbocycles. The van der Waals surface area contributed by atoms with Gasteiger partial charge in [0.25, 0.3) is 0 Å². The molecule has 0 aliphatic heterocycles. The van der Waals surface area contributed by atoms with Crippen molar-refractivity contribution >= 4 is 5.57 Å². The first-order valence-electron chi connectivity index (χ1n) is 11.5. The van der Waals surface area contributed by atoms with Crippen molar-refractivity contribution in [2.75, 3.05) is 6.61 Å². The Balaban J connectivity index is 1.50. The number of aryl methyl sites for hydroxylation is 1. The van der Waals surface area contributed by atoms with E-state index in [0.717, 1.165) is 29.5 Å². The van der Waals surface area contributed by atoms with Gasteiger partial charge in [-0.05, 0) is 47.2 Å². The summed E-state index contributed by atoms with van der Waals surface area (Å²) in [6, 6.07) is 37.6. The monoisotopic (exact) mass is 443 g/mol. The second-order valence-electron chi connectivity index (χ2n) is 8.45. The minimum Gasteiger partial charge on any atom is -0.494 e. The minimum absolute atomic E-state index is 0.334. The maximum Gasteiger partial charge on any atom is 0.151 e. The number of fused-ring (bicyclic) bond motifs is 1. The lowest BCUT2D eigenvalue weighted by Gasteiger charge is -2.26. The predicted octanol–water partition coefficient (Wildman–Crippen LogP) is 6.27. The first-order valence-corrected chi connectivity index (χ1v) is 11.5. The molecule has 0 radical (unpaired) electrons. The molecule has 3 heteroatoms. The highest BCUT2D eigenvalue weighted by molar-refractivity contribution is 5.93. The van der Waals surface area contributed by atoms with E-state index in [-0.39, 0.29) is 0 Å². The van der Waals surface area contributed by atoms with Crippen molar-refractivity contribution in [1.29, 1.82) is 5.26 Å². The van der Waals surface area contributed by atoms with Gasteiger partial charge in [-0.25, -0.2) is 0 Å². The number of nitrogens with zero attached hydrogens (tertiary/aromatic N) is 1. The summed E-state index contributed by atoms with van der Waals surface area (Å²) in [5.74, 6) is 0.688. The zero-order valence-corrected chi connectivity index (χ0v) is 18.8. The third-order valence-corrected chi connectivity index (χ3v) is 6.35. The van der Waals surface area contributed by atoms with Gasteiger partial charge in [0, 0.05) is 11.1 Å². The highest BCUT2D eigenvalue weighted by atomic mass is 16.5. The number of aliphatic hydroxyl groups is 1. The lowest BCUT2D eigenvalue weighted by atomic mass is 9.83. The Kier molecular flexibility index (Phi) is 5.99. The van der Waals surface area contributed by atoms with Crippen LogP contribution in [0.5, 0.6) is 5.75 Å². The molecule has 4 aromatic rings. The van der Waals surface area contributed by atoms with E-state index < -0.39 is 5.60 Å². The quantitative estimate of drug-likeness (QED) is 0.342. The molecule has 1 unspecified atom stereocenters. The van der Waals surface area contributed by atoms with E-state index in [9.17, 15) is 10.4 Å². The first kappa shape index (κ1) is 21.7. The van der Waals surface area contributed by atoms with E-state index in [1.165, 1.54) is 5.56 Å². The van der Waals surface area contributed by atoms with Crippen molar-refractivity contribution in [3.63, 3.8) is 0 Å². The van der Waals surface area contributed by atoms with Crippen LogP contribution in [0, 0.1) is 11.3 Å². The van der Waals surface area contributed by atoms with Crippen molar-refractivity contribution in [1.82, 2.24) is 0 Å². The normalized spacial score (nSPS) is 16.7. The first-order chi connectivity index (χ1) is 16.7. The SMILES string of the molecule is N#CC1=C(c2ccccc2)c2ccc(OCCCc3ccccc3)cc2C1(O)c1ccccc1. The van der Waals surface area contributed by atoms with E-state index in [2.05, 4.69) is 18.2 Å². The Morgan fingerprint density at radius 3 is 2.12 bits per heavy atom. The summed E-state index contributed by atoms with van der Waals surface area (Å²) < 4.78 is 6.08. The fraction of sp³-hybridized carbons (Fsp3) is 0.129. The fourth-order valence-corrected chi connectivity index (χ4v) is 4.71. The van der Waals surface area contributed by atoms with E-state index in [0.29, 0.717) is 29.1 Å². The van der Waals surface area contributed by atoms with Gasteiger partial charge in [-0.1, -0.05) is 97.1 Å². The standard InChI is InChI=1S/C31H25NO2/c32-22-29-30(24-14-6-2-7-15-24)27-19-18-26(34-20-10-13-23-11-4-1-5-12-23)21-28(27)31(29,33)25-16-8-3-9-17-25/h1-9,11-12,14-19,21,33H,10,13,20H2. The van der Waals surface area contributed by atoms with Crippen LogP contribution in [0.2, 0.25) is 0 Å². The molecule has 5 rings (SSSR count). The molecule has 34 heavy (non-hydrogen) atoms. The van der Waals surface area contributed by atoms with Gasteiger partial charge in [0.2, 0.25) is 0 Å². The van der Waals surface area contributed by atoms with Gasteiger partial charge in [-0.2, -0.15) is 5.26 Å². The third-order valence-electron chi connectivity index (χ3n) is 6.35. The molecule has 1 aliphatic rings. The van der Waals surface area contributed by atoms with E-state index in [1.807, 2.05) is 97.1 Å². The van der Waals surface area contributed by atoms with Crippen LogP contribution in [0.15, 0.2) is 115 Å². The Morgan fingerprint density at radius 1 is 0.794 bits per heavy atom. The van der Waals surface area contributed by atoms with Crippen molar-refractivity contribution in [2.45, 2.75) is 18.4 Å². The molecule has 0 aromatic heterocycles. The van der Waals surface area contributed by atoms with Crippen molar-refractivity contribution in [2.24, 2.45) is 0 Å². The summed E-state index contributed by atoms with van der Waals surface area (Å²) in [6.07, 6.45) is 1.83. The topological polar surface area (TPSA) is 53.2 Å². The molecule has 0 fully saturated rings. The number of benzene rings is 4. The summed E-state index contributed by atoms with van der Waals surface area (Å²) >= 11 is 0. The molecule has 0 amide bonds. The summed E-state index contributed by atoms with van der Waals surface area (Å²) in [5.41, 5.74) is 3.94. The molecule has 0 heterocycles. The van der Waals surface area contributed by atoms with Gasteiger partial charge in [0.1, 0.15) is 5.75 Å². The fourth-order valence-electron chi connectivity index (χ4n) is 4.71. The van der Waals surface area contributed by atoms with Gasteiger partial charge in [-0.3, -0.25) is 0 Å². The summed E-state index contributed by atoms with van der Waals surface area (Å²) in [5, 5.41) is 22.3. The predicted molar refractivity (Wildman–Crippen MR) is 134 cm³/mol. The van der Waals surface area contributed by atoms with E-state index >= 15 is 0 Å². The smallest absolute Gasteiger partial charge is 0.151 e. The molecule has 0 saturated carbocycles. The van der Waals surface area contributed by atoms with E-state index in [1.54, 1.807) is 0 Å². The molecule has 1 atom stereocenters. The van der Waals surface area contributed by atoms with Gasteiger partial charge in [0.15, 0.2) is 5.60 Å². The van der Waals surface area contributed by atoms with Crippen LogP contribution in [-0.4, -0.2) is 11.7 Å². The van der Waals surface area contributed by atoms with Gasteiger partial charge >= 0.3 is 0 Å². The summed E-state index contributed by atoms with van der Waals surface area (Å²) in [6.45, 7) is 0.571. The van der Waals surface area contributed by atoms with Gasteiger partial charge in [-0.15, -0.1) is 0 Å². The number of ether oxygens (including phenoxy) is 1. The van der Waals surface area contributed by atoms with Crippen LogP contribution in [0.3, 0.4) is 0 Å². The zero-order chi connectivity index (χ0) is 23.4. The Morgan fingerprint density at radius 2 is 1.44 bits per heavy atom. The molecular weight excluding hydrogens is 418 g/mol. The lowest BCUT2D eigenvalue weighted by molar-refractivity contribution is 0.129. The average molecular weight is 444 g/mol. The second-order valence-corrected chi connectivity index (χ2v) is 8.45. The molecule has 4 aromatic carbocycles. The number of rotatable bonds is 7. The highest BCUT2D eigenvalue weighted by Gasteiger charge is 2.46. The van der Waals surface area contributed by atoms with E-state index in [4.69, 9.17) is 4.74 Å². The average Bonchev–Trinajstić information content (AvgIpc) is 3.16. The highest BCUT2D eigenvalue weighted by Crippen LogP contribution is 2.51. The summed E-state index contributed by atoms with van der Waals surface area (Å²) in [4.78, 5) is 0. The minimum atomic E-state index is -1.54. The molecule has 166 valence electrons. The molecule has 0 bridgehead atoms. The summed E-state index contributed by atoms with van der Waals surface area (Å²) in [7, 11) is 0. The van der Waals surface area contributed by atoms with Crippen LogP contribution in [0.1, 0.15) is 34.2 Å². The molecule has 1 N–H and O–H groups in total.